The number of nitrogens with zero attached hydrogens (tertiary/aromatic N) is 3. The summed E-state index contributed by atoms with van der Waals surface area (Å²) in [7, 11) is 1.83. The van der Waals surface area contributed by atoms with Gasteiger partial charge in [-0.3, -0.25) is 4.68 Å². The van der Waals surface area contributed by atoms with Gasteiger partial charge in [-0.25, -0.2) is 9.78 Å². The minimum Gasteiger partial charge on any atom is -0.477 e. The van der Waals surface area contributed by atoms with Crippen molar-refractivity contribution in [3.05, 3.63) is 22.8 Å². The summed E-state index contributed by atoms with van der Waals surface area (Å²) in [5, 5.41) is 14.0. The molecule has 0 spiro atoms. The van der Waals surface area contributed by atoms with Gasteiger partial charge in [0, 0.05) is 19.2 Å². The molecule has 6 heteroatoms. The van der Waals surface area contributed by atoms with Gasteiger partial charge in [0.15, 0.2) is 0 Å². The Hall–Kier alpha value is -1.69. The van der Waals surface area contributed by atoms with Crippen LogP contribution < -0.4 is 0 Å². The summed E-state index contributed by atoms with van der Waals surface area (Å²) in [5.74, 6) is -0.530. The van der Waals surface area contributed by atoms with Crippen molar-refractivity contribution < 1.29 is 9.90 Å². The van der Waals surface area contributed by atoms with E-state index in [2.05, 4.69) is 10.1 Å². The molecule has 0 bridgehead atoms. The van der Waals surface area contributed by atoms with Crippen molar-refractivity contribution in [3.8, 4) is 10.7 Å². The van der Waals surface area contributed by atoms with E-state index in [0.29, 0.717) is 10.8 Å². The summed E-state index contributed by atoms with van der Waals surface area (Å²) in [6.45, 7) is 0. The topological polar surface area (TPSA) is 68.0 Å². The Labute approximate surface area is 102 Å². The van der Waals surface area contributed by atoms with Crippen LogP contribution in [0.3, 0.4) is 0 Å². The highest BCUT2D eigenvalue weighted by Gasteiger charge is 2.32. The standard InChI is InChI=1S/C11H11N3O2S/c1-14-7(4-5-12-14)10-13-8(6-2-3-6)9(17-10)11(15)16/h4-6H,2-3H2,1H3,(H,15,16). The number of carboxylic acid groups (broad SMARTS) is 1. The molecule has 0 radical (unpaired) electrons. The first-order chi connectivity index (χ1) is 8.16. The molecular weight excluding hydrogens is 238 g/mol. The third-order valence-electron chi connectivity index (χ3n) is 2.85. The van der Waals surface area contributed by atoms with Crippen LogP contribution in [-0.4, -0.2) is 25.8 Å². The molecule has 2 heterocycles. The van der Waals surface area contributed by atoms with Gasteiger partial charge in [0.1, 0.15) is 9.88 Å². The zero-order chi connectivity index (χ0) is 12.0. The Bertz CT molecular complexity index is 583. The first-order valence-electron chi connectivity index (χ1n) is 5.39. The van der Waals surface area contributed by atoms with Crippen LogP contribution in [0, 0.1) is 0 Å². The molecule has 1 fully saturated rings. The molecule has 0 aromatic carbocycles. The molecule has 2 aromatic rings. The predicted molar refractivity (Wildman–Crippen MR) is 63.3 cm³/mol. The van der Waals surface area contributed by atoms with Crippen molar-refractivity contribution in [2.75, 3.05) is 0 Å². The zero-order valence-corrected chi connectivity index (χ0v) is 10.1. The summed E-state index contributed by atoms with van der Waals surface area (Å²) in [4.78, 5) is 16.0. The molecular formula is C11H11N3O2S. The number of aromatic carboxylic acids is 1. The molecule has 17 heavy (non-hydrogen) atoms. The summed E-state index contributed by atoms with van der Waals surface area (Å²) in [6, 6.07) is 1.85. The van der Waals surface area contributed by atoms with E-state index < -0.39 is 5.97 Å². The lowest BCUT2D eigenvalue weighted by molar-refractivity contribution is 0.0700. The van der Waals surface area contributed by atoms with Gasteiger partial charge >= 0.3 is 5.97 Å². The fourth-order valence-electron chi connectivity index (χ4n) is 1.81. The van der Waals surface area contributed by atoms with E-state index in [1.165, 1.54) is 11.3 Å². The summed E-state index contributed by atoms with van der Waals surface area (Å²) in [6.07, 6.45) is 3.79. The first kappa shape index (κ1) is 10.5. The van der Waals surface area contributed by atoms with Gasteiger partial charge in [-0.15, -0.1) is 11.3 Å². The molecule has 0 aliphatic heterocycles. The van der Waals surface area contributed by atoms with Gasteiger partial charge in [-0.05, 0) is 18.9 Å². The number of hydrogen-bond donors (Lipinski definition) is 1. The second-order valence-corrected chi connectivity index (χ2v) is 5.15. The number of carboxylic acids is 1. The third-order valence-corrected chi connectivity index (χ3v) is 3.93. The molecule has 0 saturated heterocycles. The highest BCUT2D eigenvalue weighted by Crippen LogP contribution is 2.44. The number of thiazole rings is 1. The minimum atomic E-state index is -0.877. The number of rotatable bonds is 3. The largest absolute Gasteiger partial charge is 0.477 e. The van der Waals surface area contributed by atoms with Crippen molar-refractivity contribution in [1.29, 1.82) is 0 Å². The van der Waals surface area contributed by atoms with Gasteiger partial charge in [-0.1, -0.05) is 0 Å². The molecule has 0 amide bonds. The summed E-state index contributed by atoms with van der Waals surface area (Å²) < 4.78 is 1.71. The molecule has 88 valence electrons. The SMILES string of the molecule is Cn1nccc1-c1nc(C2CC2)c(C(=O)O)s1. The molecule has 3 rings (SSSR count). The fourth-order valence-corrected chi connectivity index (χ4v) is 2.86. The van der Waals surface area contributed by atoms with Gasteiger partial charge in [0.25, 0.3) is 0 Å². The monoisotopic (exact) mass is 249 g/mol. The first-order valence-corrected chi connectivity index (χ1v) is 6.21. The van der Waals surface area contributed by atoms with Crippen LogP contribution in [0.15, 0.2) is 12.3 Å². The van der Waals surface area contributed by atoms with Crippen LogP contribution in [0.25, 0.3) is 10.7 Å². The highest BCUT2D eigenvalue weighted by atomic mass is 32.1. The van der Waals surface area contributed by atoms with E-state index >= 15 is 0 Å². The fraction of sp³-hybridized carbons (Fsp3) is 0.364. The van der Waals surface area contributed by atoms with E-state index in [1.54, 1.807) is 10.9 Å². The second kappa shape index (κ2) is 3.66. The summed E-state index contributed by atoms with van der Waals surface area (Å²) >= 11 is 1.24. The highest BCUT2D eigenvalue weighted by molar-refractivity contribution is 7.17. The van der Waals surface area contributed by atoms with Crippen molar-refractivity contribution in [2.24, 2.45) is 7.05 Å². The zero-order valence-electron chi connectivity index (χ0n) is 9.25. The maximum Gasteiger partial charge on any atom is 0.347 e. The quantitative estimate of drug-likeness (QED) is 0.904. The predicted octanol–water partition coefficient (Wildman–Crippen LogP) is 2.12. The van der Waals surface area contributed by atoms with Crippen molar-refractivity contribution in [3.63, 3.8) is 0 Å². The van der Waals surface area contributed by atoms with E-state index in [1.807, 2.05) is 13.1 Å². The van der Waals surface area contributed by atoms with E-state index in [9.17, 15) is 9.90 Å². The molecule has 0 atom stereocenters. The Morgan fingerprint density at radius 3 is 2.88 bits per heavy atom. The van der Waals surface area contributed by atoms with Crippen LogP contribution in [0.4, 0.5) is 0 Å². The van der Waals surface area contributed by atoms with Crippen molar-refractivity contribution in [2.45, 2.75) is 18.8 Å². The van der Waals surface area contributed by atoms with E-state index in [0.717, 1.165) is 29.2 Å². The molecule has 1 aliphatic carbocycles. The van der Waals surface area contributed by atoms with Gasteiger partial charge in [0.2, 0.25) is 0 Å². The molecule has 1 saturated carbocycles. The van der Waals surface area contributed by atoms with Crippen LogP contribution in [-0.2, 0) is 7.05 Å². The second-order valence-electron chi connectivity index (χ2n) is 4.15. The number of aromatic nitrogens is 3. The Balaban J connectivity index is 2.10. The van der Waals surface area contributed by atoms with Gasteiger partial charge < -0.3 is 5.11 Å². The van der Waals surface area contributed by atoms with E-state index in [-0.39, 0.29) is 0 Å². The minimum absolute atomic E-state index is 0.347. The smallest absolute Gasteiger partial charge is 0.347 e. The molecule has 5 nitrogen and oxygen atoms in total. The lowest BCUT2D eigenvalue weighted by Gasteiger charge is -1.95. The Morgan fingerprint density at radius 2 is 2.35 bits per heavy atom. The van der Waals surface area contributed by atoms with Crippen molar-refractivity contribution >= 4 is 17.3 Å². The molecule has 1 aliphatic rings. The van der Waals surface area contributed by atoms with Gasteiger partial charge in [0.05, 0.1) is 11.4 Å². The lowest BCUT2D eigenvalue weighted by Crippen LogP contribution is -1.97. The van der Waals surface area contributed by atoms with Crippen LogP contribution in [0.5, 0.6) is 0 Å². The average molecular weight is 249 g/mol. The van der Waals surface area contributed by atoms with Crippen LogP contribution in [0.2, 0.25) is 0 Å². The van der Waals surface area contributed by atoms with Crippen molar-refractivity contribution in [1.82, 2.24) is 14.8 Å². The maximum atomic E-state index is 11.2. The number of aryl methyl sites for hydroxylation is 1. The Kier molecular flexibility index (Phi) is 2.25. The van der Waals surface area contributed by atoms with Crippen LogP contribution in [0.1, 0.15) is 34.1 Å². The average Bonchev–Trinajstić information content (AvgIpc) is 2.88. The Morgan fingerprint density at radius 1 is 1.59 bits per heavy atom. The summed E-state index contributed by atoms with van der Waals surface area (Å²) in [5.41, 5.74) is 1.61. The normalized spacial score (nSPS) is 15.1. The molecule has 1 N–H and O–H groups in total. The number of carbonyl (C=O) groups is 1. The lowest BCUT2D eigenvalue weighted by atomic mass is 10.2. The third kappa shape index (κ3) is 1.74. The molecule has 2 aromatic heterocycles. The number of hydrogen-bond acceptors (Lipinski definition) is 4. The molecule has 0 unspecified atom stereocenters. The van der Waals surface area contributed by atoms with E-state index in [4.69, 9.17) is 0 Å². The van der Waals surface area contributed by atoms with Gasteiger partial charge in [-0.2, -0.15) is 5.10 Å². The van der Waals surface area contributed by atoms with Crippen LogP contribution >= 0.6 is 11.3 Å². The maximum absolute atomic E-state index is 11.2.